The van der Waals surface area contributed by atoms with Gasteiger partial charge in [0.15, 0.2) is 0 Å². The van der Waals surface area contributed by atoms with Crippen LogP contribution < -0.4 is 4.90 Å². The van der Waals surface area contributed by atoms with Crippen LogP contribution in [0.15, 0.2) is 18.2 Å². The van der Waals surface area contributed by atoms with E-state index in [1.807, 2.05) is 17.9 Å². The van der Waals surface area contributed by atoms with Crippen molar-refractivity contribution < 1.29 is 9.18 Å². The second-order valence-corrected chi connectivity index (χ2v) is 4.09. The minimum Gasteiger partial charge on any atom is -0.368 e. The minimum atomic E-state index is -0.193. The van der Waals surface area contributed by atoms with E-state index in [1.165, 1.54) is 6.07 Å². The Balaban J connectivity index is 2.20. The molecule has 2 rings (SSSR count). The third kappa shape index (κ3) is 2.01. The van der Waals surface area contributed by atoms with E-state index in [-0.39, 0.29) is 11.7 Å². The maximum atomic E-state index is 13.6. The van der Waals surface area contributed by atoms with Gasteiger partial charge in [0.25, 0.3) is 0 Å². The predicted molar refractivity (Wildman–Crippen MR) is 57.5 cm³/mol. The molecule has 1 aromatic carbocycles. The van der Waals surface area contributed by atoms with Crippen LogP contribution in [0.3, 0.4) is 0 Å². The zero-order valence-corrected chi connectivity index (χ0v) is 8.74. The van der Waals surface area contributed by atoms with Gasteiger partial charge in [-0.3, -0.25) is 0 Å². The summed E-state index contributed by atoms with van der Waals surface area (Å²) < 4.78 is 13.6. The van der Waals surface area contributed by atoms with Gasteiger partial charge < -0.3 is 9.69 Å². The van der Waals surface area contributed by atoms with E-state index < -0.39 is 0 Å². The summed E-state index contributed by atoms with van der Waals surface area (Å²) in [4.78, 5) is 12.5. The molecule has 0 saturated carbocycles. The van der Waals surface area contributed by atoms with Crippen molar-refractivity contribution in [1.29, 1.82) is 0 Å². The topological polar surface area (TPSA) is 20.3 Å². The van der Waals surface area contributed by atoms with Gasteiger partial charge in [-0.25, -0.2) is 4.39 Å². The normalized spacial score (nSPS) is 20.7. The molecule has 1 atom stereocenters. The first-order valence-electron chi connectivity index (χ1n) is 5.17. The van der Waals surface area contributed by atoms with Crippen LogP contribution in [0.25, 0.3) is 0 Å². The monoisotopic (exact) mass is 207 g/mol. The first-order chi connectivity index (χ1) is 7.20. The van der Waals surface area contributed by atoms with Gasteiger partial charge in [-0.15, -0.1) is 0 Å². The molecule has 0 radical (unpaired) electrons. The van der Waals surface area contributed by atoms with Crippen LogP contribution in [-0.2, 0) is 4.79 Å². The summed E-state index contributed by atoms with van der Waals surface area (Å²) in [6.07, 6.45) is 1.79. The molecule has 0 aromatic heterocycles. The first-order valence-corrected chi connectivity index (χ1v) is 5.17. The molecule has 15 heavy (non-hydrogen) atoms. The molecule has 2 nitrogen and oxygen atoms in total. The van der Waals surface area contributed by atoms with Gasteiger partial charge in [0, 0.05) is 19.0 Å². The summed E-state index contributed by atoms with van der Waals surface area (Å²) in [5.74, 6) is -0.132. The third-order valence-corrected chi connectivity index (χ3v) is 2.86. The van der Waals surface area contributed by atoms with Crippen LogP contribution in [0.2, 0.25) is 0 Å². The zero-order chi connectivity index (χ0) is 10.8. The number of hydrogen-bond acceptors (Lipinski definition) is 2. The molecular formula is C12H14FNO. The summed E-state index contributed by atoms with van der Waals surface area (Å²) in [5.41, 5.74) is 1.53. The van der Waals surface area contributed by atoms with Crippen LogP contribution in [0.1, 0.15) is 12.0 Å². The molecule has 1 aliphatic rings. The fraction of sp³-hybridized carbons (Fsp3) is 0.417. The average molecular weight is 207 g/mol. The van der Waals surface area contributed by atoms with Crippen LogP contribution in [-0.4, -0.2) is 19.4 Å². The molecule has 1 saturated heterocycles. The number of halogens is 1. The highest BCUT2D eigenvalue weighted by Gasteiger charge is 2.23. The quantitative estimate of drug-likeness (QED) is 0.693. The van der Waals surface area contributed by atoms with Gasteiger partial charge >= 0.3 is 0 Å². The number of hydrogen-bond donors (Lipinski definition) is 0. The molecule has 1 heterocycles. The summed E-state index contributed by atoms with van der Waals surface area (Å²) in [5, 5.41) is 0. The Morgan fingerprint density at radius 1 is 1.53 bits per heavy atom. The number of benzene rings is 1. The lowest BCUT2D eigenvalue weighted by atomic mass is 10.1. The lowest BCUT2D eigenvalue weighted by Gasteiger charge is -2.18. The van der Waals surface area contributed by atoms with Gasteiger partial charge in [-0.1, -0.05) is 6.07 Å². The third-order valence-electron chi connectivity index (χ3n) is 2.86. The fourth-order valence-corrected chi connectivity index (χ4v) is 1.99. The molecule has 3 heteroatoms. The first kappa shape index (κ1) is 10.1. The van der Waals surface area contributed by atoms with Crippen molar-refractivity contribution in [2.75, 3.05) is 18.0 Å². The zero-order valence-electron chi connectivity index (χ0n) is 8.74. The van der Waals surface area contributed by atoms with Gasteiger partial charge in [0.1, 0.15) is 12.1 Å². The molecule has 1 aliphatic heterocycles. The smallest absolute Gasteiger partial charge is 0.146 e. The second-order valence-electron chi connectivity index (χ2n) is 4.09. The molecule has 0 bridgehead atoms. The molecule has 0 unspecified atom stereocenters. The Labute approximate surface area is 88.7 Å². The Kier molecular flexibility index (Phi) is 2.71. The van der Waals surface area contributed by atoms with Gasteiger partial charge in [-0.2, -0.15) is 0 Å². The Bertz CT molecular complexity index is 378. The molecule has 0 aliphatic carbocycles. The van der Waals surface area contributed by atoms with Gasteiger partial charge in [-0.05, 0) is 31.0 Å². The van der Waals surface area contributed by atoms with Crippen LogP contribution in [0, 0.1) is 18.7 Å². The lowest BCUT2D eigenvalue weighted by Crippen LogP contribution is -2.21. The van der Waals surface area contributed by atoms with Crippen molar-refractivity contribution in [3.05, 3.63) is 29.6 Å². The van der Waals surface area contributed by atoms with Crippen molar-refractivity contribution in [2.24, 2.45) is 5.92 Å². The van der Waals surface area contributed by atoms with E-state index in [2.05, 4.69) is 0 Å². The lowest BCUT2D eigenvalue weighted by molar-refractivity contribution is -0.110. The van der Waals surface area contributed by atoms with E-state index in [0.717, 1.165) is 24.8 Å². The number of aryl methyl sites for hydroxylation is 1. The molecule has 80 valence electrons. The number of aldehydes is 1. The van der Waals surface area contributed by atoms with Crippen LogP contribution in [0.5, 0.6) is 0 Å². The average Bonchev–Trinajstić information content (AvgIpc) is 2.66. The van der Waals surface area contributed by atoms with E-state index in [0.29, 0.717) is 12.2 Å². The number of nitrogens with zero attached hydrogens (tertiary/aromatic N) is 1. The molecule has 0 N–H and O–H groups in total. The predicted octanol–water partition coefficient (Wildman–Crippen LogP) is 2.16. The van der Waals surface area contributed by atoms with E-state index in [4.69, 9.17) is 0 Å². The van der Waals surface area contributed by atoms with E-state index in [1.54, 1.807) is 6.07 Å². The highest BCUT2D eigenvalue weighted by atomic mass is 19.1. The SMILES string of the molecule is Cc1ccc(N2CC[C@@H](C=O)C2)c(F)c1. The highest BCUT2D eigenvalue weighted by Crippen LogP contribution is 2.25. The Hall–Kier alpha value is -1.38. The van der Waals surface area contributed by atoms with Crippen LogP contribution >= 0.6 is 0 Å². The maximum absolute atomic E-state index is 13.6. The Morgan fingerprint density at radius 2 is 2.33 bits per heavy atom. The van der Waals surface area contributed by atoms with Crippen LogP contribution in [0.4, 0.5) is 10.1 Å². The summed E-state index contributed by atoms with van der Waals surface area (Å²) >= 11 is 0. The maximum Gasteiger partial charge on any atom is 0.146 e. The largest absolute Gasteiger partial charge is 0.368 e. The second kappa shape index (κ2) is 4.01. The molecular weight excluding hydrogens is 193 g/mol. The van der Waals surface area contributed by atoms with Gasteiger partial charge in [0.2, 0.25) is 0 Å². The summed E-state index contributed by atoms with van der Waals surface area (Å²) in [7, 11) is 0. The molecule has 1 fully saturated rings. The van der Waals surface area contributed by atoms with E-state index in [9.17, 15) is 9.18 Å². The minimum absolute atomic E-state index is 0.0608. The number of rotatable bonds is 2. The standard InChI is InChI=1S/C12H14FNO/c1-9-2-3-12(11(13)6-9)14-5-4-10(7-14)8-15/h2-3,6,8,10H,4-5,7H2,1H3/t10-/m1/s1. The van der Waals surface area contributed by atoms with Crippen molar-refractivity contribution in [3.63, 3.8) is 0 Å². The summed E-state index contributed by atoms with van der Waals surface area (Å²) in [6.45, 7) is 3.28. The molecule has 0 amide bonds. The number of carbonyl (C=O) groups is 1. The van der Waals surface area contributed by atoms with Gasteiger partial charge in [0.05, 0.1) is 5.69 Å². The van der Waals surface area contributed by atoms with Crippen molar-refractivity contribution in [3.8, 4) is 0 Å². The van der Waals surface area contributed by atoms with Crippen molar-refractivity contribution in [2.45, 2.75) is 13.3 Å². The van der Waals surface area contributed by atoms with Crippen molar-refractivity contribution in [1.82, 2.24) is 0 Å². The van der Waals surface area contributed by atoms with Crippen molar-refractivity contribution >= 4 is 12.0 Å². The highest BCUT2D eigenvalue weighted by molar-refractivity contribution is 5.59. The number of anilines is 1. The van der Waals surface area contributed by atoms with E-state index >= 15 is 0 Å². The number of carbonyl (C=O) groups excluding carboxylic acids is 1. The summed E-state index contributed by atoms with van der Waals surface area (Å²) in [6, 6.07) is 5.22. The fourth-order valence-electron chi connectivity index (χ4n) is 1.99. The molecule has 1 aromatic rings. The molecule has 0 spiro atoms. The Morgan fingerprint density at radius 3 is 2.93 bits per heavy atom.